The molecule has 0 heterocycles. The first kappa shape index (κ1) is 15.2. The van der Waals surface area contributed by atoms with Gasteiger partial charge in [0.25, 0.3) is 0 Å². The lowest BCUT2D eigenvalue weighted by molar-refractivity contribution is -0.131. The van der Waals surface area contributed by atoms with Crippen molar-refractivity contribution in [3.63, 3.8) is 0 Å². The number of ether oxygens (including phenoxy) is 1. The molecule has 1 amide bonds. The van der Waals surface area contributed by atoms with Crippen molar-refractivity contribution < 1.29 is 9.53 Å². The van der Waals surface area contributed by atoms with Crippen molar-refractivity contribution in [1.82, 2.24) is 4.90 Å². The van der Waals surface area contributed by atoms with Gasteiger partial charge in [0.1, 0.15) is 0 Å². The third-order valence-electron chi connectivity index (χ3n) is 2.89. The molecule has 0 unspecified atom stereocenters. The molecule has 0 atom stereocenters. The van der Waals surface area contributed by atoms with Crippen molar-refractivity contribution in [2.75, 3.05) is 26.8 Å². The average Bonchev–Trinajstić information content (AvgIpc) is 2.41. The molecule has 4 heteroatoms. The van der Waals surface area contributed by atoms with Gasteiger partial charge in [-0.05, 0) is 12.5 Å². The summed E-state index contributed by atoms with van der Waals surface area (Å²) in [6, 6.07) is 9.99. The molecule has 0 spiro atoms. The smallest absolute Gasteiger partial charge is 0.227 e. The van der Waals surface area contributed by atoms with Gasteiger partial charge in [0.2, 0.25) is 5.91 Å². The maximum atomic E-state index is 12.2. The van der Waals surface area contributed by atoms with Gasteiger partial charge in [0, 0.05) is 20.2 Å². The SMILES string of the molecule is COCCN(CCC#N)C(=O)Cc1ccc(C)cc1. The summed E-state index contributed by atoms with van der Waals surface area (Å²) in [5.74, 6) is 0.0381. The van der Waals surface area contributed by atoms with Gasteiger partial charge < -0.3 is 9.64 Å². The number of amides is 1. The van der Waals surface area contributed by atoms with Crippen molar-refractivity contribution in [3.05, 3.63) is 35.4 Å². The highest BCUT2D eigenvalue weighted by atomic mass is 16.5. The first-order valence-corrected chi connectivity index (χ1v) is 6.36. The quantitative estimate of drug-likeness (QED) is 0.752. The van der Waals surface area contributed by atoms with Crippen molar-refractivity contribution in [2.45, 2.75) is 19.8 Å². The molecule has 0 aromatic heterocycles. The van der Waals surface area contributed by atoms with Gasteiger partial charge in [-0.15, -0.1) is 0 Å². The van der Waals surface area contributed by atoms with E-state index in [1.807, 2.05) is 31.2 Å². The zero-order valence-electron chi connectivity index (χ0n) is 11.6. The number of benzene rings is 1. The fourth-order valence-corrected chi connectivity index (χ4v) is 1.74. The van der Waals surface area contributed by atoms with Gasteiger partial charge in [-0.25, -0.2) is 0 Å². The second-order valence-electron chi connectivity index (χ2n) is 4.44. The molecule has 0 radical (unpaired) electrons. The monoisotopic (exact) mass is 260 g/mol. The molecular weight excluding hydrogens is 240 g/mol. The molecule has 0 N–H and O–H groups in total. The highest BCUT2D eigenvalue weighted by Crippen LogP contribution is 2.06. The number of hydrogen-bond acceptors (Lipinski definition) is 3. The Morgan fingerprint density at radius 1 is 1.32 bits per heavy atom. The number of methoxy groups -OCH3 is 1. The molecule has 0 aliphatic rings. The summed E-state index contributed by atoms with van der Waals surface area (Å²) in [6.07, 6.45) is 0.721. The molecule has 19 heavy (non-hydrogen) atoms. The van der Waals surface area contributed by atoms with E-state index in [0.29, 0.717) is 32.5 Å². The van der Waals surface area contributed by atoms with Crippen molar-refractivity contribution >= 4 is 5.91 Å². The van der Waals surface area contributed by atoms with E-state index in [-0.39, 0.29) is 5.91 Å². The molecule has 0 fully saturated rings. The lowest BCUT2D eigenvalue weighted by atomic mass is 10.1. The van der Waals surface area contributed by atoms with Crippen LogP contribution in [-0.4, -0.2) is 37.6 Å². The fraction of sp³-hybridized carbons (Fsp3) is 0.467. The first-order valence-electron chi connectivity index (χ1n) is 6.36. The minimum absolute atomic E-state index is 0.0381. The predicted octanol–water partition coefficient (Wildman–Crippen LogP) is 1.93. The van der Waals surface area contributed by atoms with Gasteiger partial charge >= 0.3 is 0 Å². The van der Waals surface area contributed by atoms with Crippen molar-refractivity contribution in [3.8, 4) is 6.07 Å². The second kappa shape index (κ2) is 8.28. The number of nitriles is 1. The molecule has 0 bridgehead atoms. The van der Waals surface area contributed by atoms with Crippen LogP contribution < -0.4 is 0 Å². The highest BCUT2D eigenvalue weighted by molar-refractivity contribution is 5.78. The van der Waals surface area contributed by atoms with E-state index >= 15 is 0 Å². The van der Waals surface area contributed by atoms with Crippen LogP contribution in [0.25, 0.3) is 0 Å². The molecular formula is C15H20N2O2. The van der Waals surface area contributed by atoms with Gasteiger partial charge in [-0.2, -0.15) is 5.26 Å². The summed E-state index contributed by atoms with van der Waals surface area (Å²) in [5, 5.41) is 8.62. The molecule has 1 rings (SSSR count). The van der Waals surface area contributed by atoms with E-state index in [9.17, 15) is 4.79 Å². The van der Waals surface area contributed by atoms with Crippen LogP contribution in [0.3, 0.4) is 0 Å². The molecule has 0 saturated heterocycles. The highest BCUT2D eigenvalue weighted by Gasteiger charge is 2.13. The molecule has 4 nitrogen and oxygen atoms in total. The minimum atomic E-state index is 0.0381. The third-order valence-corrected chi connectivity index (χ3v) is 2.89. The van der Waals surface area contributed by atoms with Crippen LogP contribution in [0.5, 0.6) is 0 Å². The molecule has 0 aliphatic heterocycles. The van der Waals surface area contributed by atoms with E-state index < -0.39 is 0 Å². The van der Waals surface area contributed by atoms with Gasteiger partial charge in [-0.3, -0.25) is 4.79 Å². The number of nitrogens with zero attached hydrogens (tertiary/aromatic N) is 2. The Labute approximate surface area is 114 Å². The van der Waals surface area contributed by atoms with E-state index in [2.05, 4.69) is 6.07 Å². The summed E-state index contributed by atoms with van der Waals surface area (Å²) in [5.41, 5.74) is 2.17. The maximum Gasteiger partial charge on any atom is 0.227 e. The number of aryl methyl sites for hydroxylation is 1. The molecule has 102 valence electrons. The Morgan fingerprint density at radius 3 is 2.58 bits per heavy atom. The largest absolute Gasteiger partial charge is 0.383 e. The number of rotatable bonds is 7. The Hall–Kier alpha value is -1.86. The lowest BCUT2D eigenvalue weighted by Gasteiger charge is -2.21. The summed E-state index contributed by atoms with van der Waals surface area (Å²) in [4.78, 5) is 13.9. The summed E-state index contributed by atoms with van der Waals surface area (Å²) >= 11 is 0. The van der Waals surface area contributed by atoms with Gasteiger partial charge in [-0.1, -0.05) is 29.8 Å². The van der Waals surface area contributed by atoms with Crippen LogP contribution in [-0.2, 0) is 16.0 Å². The maximum absolute atomic E-state index is 12.2. The summed E-state index contributed by atoms with van der Waals surface area (Å²) in [6.45, 7) is 3.50. The van der Waals surface area contributed by atoms with Crippen LogP contribution in [0, 0.1) is 18.3 Å². The Bertz CT molecular complexity index is 434. The van der Waals surface area contributed by atoms with Crippen LogP contribution in [0.15, 0.2) is 24.3 Å². The minimum Gasteiger partial charge on any atom is -0.383 e. The topological polar surface area (TPSA) is 53.3 Å². The van der Waals surface area contributed by atoms with E-state index in [4.69, 9.17) is 10.00 Å². The third kappa shape index (κ3) is 5.54. The summed E-state index contributed by atoms with van der Waals surface area (Å²) < 4.78 is 4.99. The average molecular weight is 260 g/mol. The van der Waals surface area contributed by atoms with Crippen molar-refractivity contribution in [2.24, 2.45) is 0 Å². The molecule has 1 aromatic rings. The fourth-order valence-electron chi connectivity index (χ4n) is 1.74. The predicted molar refractivity (Wildman–Crippen MR) is 73.6 cm³/mol. The normalized spacial score (nSPS) is 9.95. The van der Waals surface area contributed by atoms with Crippen LogP contribution in [0.2, 0.25) is 0 Å². The standard InChI is InChI=1S/C15H20N2O2/c1-13-4-6-14(7-5-13)12-15(18)17(9-3-8-16)10-11-19-2/h4-7H,3,9-12H2,1-2H3. The van der Waals surface area contributed by atoms with Crippen LogP contribution in [0.1, 0.15) is 17.5 Å². The summed E-state index contributed by atoms with van der Waals surface area (Å²) in [7, 11) is 1.60. The van der Waals surface area contributed by atoms with E-state index in [1.165, 1.54) is 5.56 Å². The van der Waals surface area contributed by atoms with Gasteiger partial charge in [0.05, 0.1) is 25.5 Å². The van der Waals surface area contributed by atoms with Crippen molar-refractivity contribution in [1.29, 1.82) is 5.26 Å². The van der Waals surface area contributed by atoms with Crippen LogP contribution >= 0.6 is 0 Å². The zero-order valence-corrected chi connectivity index (χ0v) is 11.6. The Morgan fingerprint density at radius 2 is 2.00 bits per heavy atom. The lowest BCUT2D eigenvalue weighted by Crippen LogP contribution is -2.35. The van der Waals surface area contributed by atoms with E-state index in [1.54, 1.807) is 12.0 Å². The Balaban J connectivity index is 2.59. The van der Waals surface area contributed by atoms with E-state index in [0.717, 1.165) is 5.56 Å². The molecule has 0 aliphatic carbocycles. The molecule has 1 aromatic carbocycles. The number of hydrogen-bond donors (Lipinski definition) is 0. The first-order chi connectivity index (χ1) is 9.17. The second-order valence-corrected chi connectivity index (χ2v) is 4.44. The number of carbonyl (C=O) groups excluding carboxylic acids is 1. The Kier molecular flexibility index (Phi) is 6.62. The number of carbonyl (C=O) groups is 1. The molecule has 0 saturated carbocycles. The zero-order chi connectivity index (χ0) is 14.1. The van der Waals surface area contributed by atoms with Gasteiger partial charge in [0.15, 0.2) is 0 Å². The van der Waals surface area contributed by atoms with Crippen LogP contribution in [0.4, 0.5) is 0 Å².